The number of nitrogens with zero attached hydrogens (tertiary/aromatic N) is 2. The number of aliphatic imine (C=N–C) groups is 1. The molecule has 0 saturated carbocycles. The summed E-state index contributed by atoms with van der Waals surface area (Å²) in [7, 11) is 3.33. The van der Waals surface area contributed by atoms with Gasteiger partial charge in [0.1, 0.15) is 0 Å². The molecular formula is C16H33N5O2. The lowest BCUT2D eigenvalue weighted by Gasteiger charge is -2.41. The number of piperidine rings is 1. The predicted octanol–water partition coefficient (Wildman–Crippen LogP) is 0.179. The topological polar surface area (TPSA) is 78.0 Å². The minimum atomic E-state index is -0.0692. The molecule has 134 valence electrons. The second kappa shape index (κ2) is 10.4. The van der Waals surface area contributed by atoms with Crippen molar-refractivity contribution in [3.63, 3.8) is 0 Å². The highest BCUT2D eigenvalue weighted by molar-refractivity contribution is 5.86. The Balaban J connectivity index is 2.31. The van der Waals surface area contributed by atoms with E-state index in [-0.39, 0.29) is 18.0 Å². The first-order valence-electron chi connectivity index (χ1n) is 8.45. The van der Waals surface area contributed by atoms with Crippen LogP contribution in [0.1, 0.15) is 33.1 Å². The summed E-state index contributed by atoms with van der Waals surface area (Å²) in [5, 5.41) is 9.13. The Morgan fingerprint density at radius 2 is 1.87 bits per heavy atom. The van der Waals surface area contributed by atoms with Crippen LogP contribution in [0.2, 0.25) is 0 Å². The first kappa shape index (κ1) is 19.7. The van der Waals surface area contributed by atoms with Crippen molar-refractivity contribution < 1.29 is 9.53 Å². The Bertz CT molecular complexity index is 379. The van der Waals surface area contributed by atoms with Crippen molar-refractivity contribution in [2.75, 3.05) is 53.5 Å². The van der Waals surface area contributed by atoms with E-state index >= 15 is 0 Å². The zero-order valence-electron chi connectivity index (χ0n) is 15.1. The van der Waals surface area contributed by atoms with Gasteiger partial charge in [-0.2, -0.15) is 0 Å². The molecule has 1 aliphatic rings. The fraction of sp³-hybridized carbons (Fsp3) is 0.875. The number of rotatable bonds is 8. The predicted molar refractivity (Wildman–Crippen MR) is 93.8 cm³/mol. The summed E-state index contributed by atoms with van der Waals surface area (Å²) in [5.74, 6) is 0.581. The Morgan fingerprint density at radius 1 is 1.17 bits per heavy atom. The van der Waals surface area contributed by atoms with Gasteiger partial charge in [-0.15, -0.1) is 0 Å². The smallest absolute Gasteiger partial charge is 0.239 e. The van der Waals surface area contributed by atoms with Gasteiger partial charge in [0, 0.05) is 32.8 Å². The first-order valence-corrected chi connectivity index (χ1v) is 8.45. The van der Waals surface area contributed by atoms with E-state index in [0.717, 1.165) is 19.6 Å². The van der Waals surface area contributed by atoms with Crippen molar-refractivity contribution in [1.82, 2.24) is 20.9 Å². The highest BCUT2D eigenvalue weighted by atomic mass is 16.5. The number of ether oxygens (including phenoxy) is 1. The average Bonchev–Trinajstić information content (AvgIpc) is 2.56. The molecule has 3 N–H and O–H groups in total. The maximum atomic E-state index is 11.7. The fourth-order valence-corrected chi connectivity index (χ4v) is 2.65. The van der Waals surface area contributed by atoms with E-state index in [4.69, 9.17) is 4.74 Å². The highest BCUT2D eigenvalue weighted by Crippen LogP contribution is 2.19. The summed E-state index contributed by atoms with van der Waals surface area (Å²) >= 11 is 0. The maximum Gasteiger partial charge on any atom is 0.239 e. The molecule has 7 nitrogen and oxygen atoms in total. The molecule has 1 aliphatic heterocycles. The lowest BCUT2D eigenvalue weighted by molar-refractivity contribution is -0.120. The molecule has 0 aliphatic carbocycles. The third kappa shape index (κ3) is 7.65. The van der Waals surface area contributed by atoms with E-state index in [2.05, 4.69) is 39.7 Å². The second-order valence-electron chi connectivity index (χ2n) is 6.48. The van der Waals surface area contributed by atoms with Gasteiger partial charge in [0.05, 0.1) is 13.2 Å². The standard InChI is InChI=1S/C16H33N5O2/c1-16(2,21-9-6-5-7-10-21)13-20-15(17-3)19-12-14(22)18-8-11-23-4/h5-13H2,1-4H3,(H,18,22)(H2,17,19,20). The molecule has 0 bridgehead atoms. The third-order valence-electron chi connectivity index (χ3n) is 4.17. The van der Waals surface area contributed by atoms with Crippen LogP contribution in [0.5, 0.6) is 0 Å². The Morgan fingerprint density at radius 3 is 2.48 bits per heavy atom. The molecule has 0 aromatic carbocycles. The van der Waals surface area contributed by atoms with Crippen molar-refractivity contribution in [3.05, 3.63) is 0 Å². The van der Waals surface area contributed by atoms with Crippen molar-refractivity contribution in [3.8, 4) is 0 Å². The van der Waals surface area contributed by atoms with Crippen LogP contribution in [-0.2, 0) is 9.53 Å². The molecule has 0 unspecified atom stereocenters. The molecule has 0 spiro atoms. The Labute approximate surface area is 140 Å². The largest absolute Gasteiger partial charge is 0.383 e. The SMILES string of the molecule is CN=C(NCC(=O)NCCOC)NCC(C)(C)N1CCCCC1. The van der Waals surface area contributed by atoms with E-state index in [0.29, 0.717) is 19.1 Å². The summed E-state index contributed by atoms with van der Waals surface area (Å²) in [6.45, 7) is 8.83. The molecule has 0 radical (unpaired) electrons. The van der Waals surface area contributed by atoms with Crippen LogP contribution < -0.4 is 16.0 Å². The summed E-state index contributed by atoms with van der Waals surface area (Å²) in [6, 6.07) is 0. The zero-order chi connectivity index (χ0) is 17.1. The number of nitrogens with one attached hydrogen (secondary N) is 3. The molecule has 23 heavy (non-hydrogen) atoms. The normalized spacial score (nSPS) is 17.0. The van der Waals surface area contributed by atoms with Crippen molar-refractivity contribution in [2.24, 2.45) is 4.99 Å². The van der Waals surface area contributed by atoms with Crippen LogP contribution in [0.3, 0.4) is 0 Å². The number of hydrogen-bond donors (Lipinski definition) is 3. The summed E-state index contributed by atoms with van der Waals surface area (Å²) in [6.07, 6.45) is 3.89. The zero-order valence-corrected chi connectivity index (χ0v) is 15.1. The van der Waals surface area contributed by atoms with Crippen molar-refractivity contribution >= 4 is 11.9 Å². The number of hydrogen-bond acceptors (Lipinski definition) is 4. The average molecular weight is 327 g/mol. The summed E-state index contributed by atoms with van der Waals surface area (Å²) in [4.78, 5) is 18.4. The number of carbonyl (C=O) groups excluding carboxylic acids is 1. The molecule has 0 atom stereocenters. The van der Waals surface area contributed by atoms with Gasteiger partial charge in [-0.05, 0) is 39.8 Å². The minimum Gasteiger partial charge on any atom is -0.383 e. The summed E-state index contributed by atoms with van der Waals surface area (Å²) in [5.41, 5.74) is 0.0682. The van der Waals surface area contributed by atoms with Crippen molar-refractivity contribution in [1.29, 1.82) is 0 Å². The van der Waals surface area contributed by atoms with Crippen LogP contribution in [0, 0.1) is 0 Å². The molecular weight excluding hydrogens is 294 g/mol. The van der Waals surface area contributed by atoms with E-state index in [1.165, 1.54) is 19.3 Å². The molecule has 7 heteroatoms. The van der Waals surface area contributed by atoms with Gasteiger partial charge in [-0.3, -0.25) is 14.7 Å². The fourth-order valence-electron chi connectivity index (χ4n) is 2.65. The quantitative estimate of drug-likeness (QED) is 0.337. The van der Waals surface area contributed by atoms with Gasteiger partial charge in [0.15, 0.2) is 5.96 Å². The minimum absolute atomic E-state index is 0.0682. The van der Waals surface area contributed by atoms with Gasteiger partial charge < -0.3 is 20.7 Å². The van der Waals surface area contributed by atoms with Gasteiger partial charge in [0.25, 0.3) is 0 Å². The molecule has 1 rings (SSSR count). The molecule has 1 saturated heterocycles. The molecule has 0 aromatic rings. The Hall–Kier alpha value is -1.34. The number of likely N-dealkylation sites (tertiary alicyclic amines) is 1. The van der Waals surface area contributed by atoms with Crippen LogP contribution in [0.25, 0.3) is 0 Å². The first-order chi connectivity index (χ1) is 11.0. The number of guanidine groups is 1. The lowest BCUT2D eigenvalue weighted by atomic mass is 9.98. The number of carbonyl (C=O) groups is 1. The van der Waals surface area contributed by atoms with Crippen LogP contribution in [0.15, 0.2) is 4.99 Å². The monoisotopic (exact) mass is 327 g/mol. The van der Waals surface area contributed by atoms with Gasteiger partial charge in [-0.25, -0.2) is 0 Å². The maximum absolute atomic E-state index is 11.7. The van der Waals surface area contributed by atoms with Crippen LogP contribution in [0.4, 0.5) is 0 Å². The molecule has 1 fully saturated rings. The number of methoxy groups -OCH3 is 1. The summed E-state index contributed by atoms with van der Waals surface area (Å²) < 4.78 is 4.90. The van der Waals surface area contributed by atoms with E-state index in [9.17, 15) is 4.79 Å². The number of amides is 1. The molecule has 1 amide bonds. The molecule has 1 heterocycles. The van der Waals surface area contributed by atoms with Crippen LogP contribution in [-0.4, -0.2) is 75.8 Å². The molecule has 0 aromatic heterocycles. The van der Waals surface area contributed by atoms with E-state index < -0.39 is 0 Å². The second-order valence-corrected chi connectivity index (χ2v) is 6.48. The lowest BCUT2D eigenvalue weighted by Crippen LogP contribution is -2.55. The van der Waals surface area contributed by atoms with E-state index in [1.54, 1.807) is 14.2 Å². The van der Waals surface area contributed by atoms with Gasteiger partial charge in [-0.1, -0.05) is 6.42 Å². The Kier molecular flexibility index (Phi) is 8.94. The van der Waals surface area contributed by atoms with Crippen molar-refractivity contribution in [2.45, 2.75) is 38.6 Å². The third-order valence-corrected chi connectivity index (χ3v) is 4.17. The van der Waals surface area contributed by atoms with E-state index in [1.807, 2.05) is 0 Å². The van der Waals surface area contributed by atoms with Gasteiger partial charge >= 0.3 is 0 Å². The van der Waals surface area contributed by atoms with Crippen LogP contribution >= 0.6 is 0 Å². The highest BCUT2D eigenvalue weighted by Gasteiger charge is 2.27. The van der Waals surface area contributed by atoms with Gasteiger partial charge in [0.2, 0.25) is 5.91 Å².